The van der Waals surface area contributed by atoms with Crippen molar-refractivity contribution < 1.29 is 9.53 Å². The van der Waals surface area contributed by atoms with E-state index in [1.807, 2.05) is 0 Å². The van der Waals surface area contributed by atoms with Crippen molar-refractivity contribution >= 4 is 6.09 Å². The standard InChI is InChI=1S/C10H16N2O2/c1-12-7-2-3-8(12)5-10(4-7)6-14-9(13)11-10/h7-8H,2-6H2,1H3,(H,11,13)/t7-,8+,10?. The third kappa shape index (κ3) is 1.06. The van der Waals surface area contributed by atoms with Gasteiger partial charge >= 0.3 is 6.09 Å². The quantitative estimate of drug-likeness (QED) is 0.620. The van der Waals surface area contributed by atoms with E-state index in [1.54, 1.807) is 0 Å². The number of ether oxygens (including phenoxy) is 1. The molecule has 3 rings (SSSR count). The lowest BCUT2D eigenvalue weighted by Crippen LogP contribution is -2.55. The molecule has 1 spiro atoms. The number of nitrogens with zero attached hydrogens (tertiary/aromatic N) is 1. The van der Waals surface area contributed by atoms with Gasteiger partial charge in [0.25, 0.3) is 0 Å². The first-order valence-corrected chi connectivity index (χ1v) is 5.35. The highest BCUT2D eigenvalue weighted by molar-refractivity contribution is 5.70. The Hall–Kier alpha value is -0.770. The van der Waals surface area contributed by atoms with Crippen LogP contribution in [0.4, 0.5) is 4.79 Å². The molecule has 3 aliphatic rings. The minimum Gasteiger partial charge on any atom is -0.447 e. The third-order valence-corrected chi connectivity index (χ3v) is 4.08. The summed E-state index contributed by atoms with van der Waals surface area (Å²) in [4.78, 5) is 13.6. The van der Waals surface area contributed by atoms with E-state index in [2.05, 4.69) is 17.3 Å². The second-order valence-corrected chi connectivity index (χ2v) is 4.94. The molecular weight excluding hydrogens is 180 g/mol. The molecule has 1 amide bonds. The van der Waals surface area contributed by atoms with Gasteiger partial charge in [-0.1, -0.05) is 0 Å². The van der Waals surface area contributed by atoms with Gasteiger partial charge in [0.05, 0.1) is 5.54 Å². The zero-order valence-corrected chi connectivity index (χ0v) is 8.45. The predicted octanol–water partition coefficient (Wildman–Crippen LogP) is 0.722. The van der Waals surface area contributed by atoms with E-state index >= 15 is 0 Å². The molecule has 3 atom stereocenters. The largest absolute Gasteiger partial charge is 0.447 e. The molecule has 3 aliphatic heterocycles. The normalized spacial score (nSPS) is 46.8. The number of hydrogen-bond donors (Lipinski definition) is 1. The summed E-state index contributed by atoms with van der Waals surface area (Å²) in [6.07, 6.45) is 4.45. The Morgan fingerprint density at radius 2 is 2.07 bits per heavy atom. The molecule has 3 heterocycles. The lowest BCUT2D eigenvalue weighted by Gasteiger charge is -2.41. The van der Waals surface area contributed by atoms with Crippen molar-refractivity contribution in [3.05, 3.63) is 0 Å². The number of rotatable bonds is 0. The van der Waals surface area contributed by atoms with E-state index in [-0.39, 0.29) is 11.6 Å². The summed E-state index contributed by atoms with van der Waals surface area (Å²) in [5.41, 5.74) is -0.0323. The lowest BCUT2D eigenvalue weighted by atomic mass is 9.84. The van der Waals surface area contributed by atoms with Gasteiger partial charge in [-0.3, -0.25) is 0 Å². The molecule has 78 valence electrons. The van der Waals surface area contributed by atoms with Crippen molar-refractivity contribution in [2.75, 3.05) is 13.7 Å². The monoisotopic (exact) mass is 196 g/mol. The number of nitrogens with one attached hydrogen (secondary N) is 1. The molecule has 0 aromatic heterocycles. The van der Waals surface area contributed by atoms with Crippen LogP contribution in [-0.2, 0) is 4.74 Å². The lowest BCUT2D eigenvalue weighted by molar-refractivity contribution is 0.0906. The molecular formula is C10H16N2O2. The van der Waals surface area contributed by atoms with Crippen LogP contribution in [0.2, 0.25) is 0 Å². The molecule has 0 aromatic carbocycles. The highest BCUT2D eigenvalue weighted by Gasteiger charge is 2.50. The van der Waals surface area contributed by atoms with Crippen LogP contribution in [0.5, 0.6) is 0 Å². The number of amides is 1. The maximum Gasteiger partial charge on any atom is 0.407 e. The first-order chi connectivity index (χ1) is 6.69. The van der Waals surface area contributed by atoms with Crippen LogP contribution < -0.4 is 5.32 Å². The predicted molar refractivity (Wildman–Crippen MR) is 51.0 cm³/mol. The average molecular weight is 196 g/mol. The van der Waals surface area contributed by atoms with Gasteiger partial charge in [-0.15, -0.1) is 0 Å². The van der Waals surface area contributed by atoms with Gasteiger partial charge in [-0.2, -0.15) is 0 Å². The van der Waals surface area contributed by atoms with E-state index < -0.39 is 0 Å². The van der Waals surface area contributed by atoms with Crippen LogP contribution in [-0.4, -0.2) is 42.3 Å². The highest BCUT2D eigenvalue weighted by atomic mass is 16.6. The van der Waals surface area contributed by atoms with Crippen LogP contribution in [0.15, 0.2) is 0 Å². The van der Waals surface area contributed by atoms with Crippen molar-refractivity contribution in [2.24, 2.45) is 0 Å². The molecule has 4 nitrogen and oxygen atoms in total. The summed E-state index contributed by atoms with van der Waals surface area (Å²) in [6, 6.07) is 1.30. The zero-order chi connectivity index (χ0) is 9.76. The molecule has 2 bridgehead atoms. The maximum absolute atomic E-state index is 11.1. The molecule has 0 saturated carbocycles. The van der Waals surface area contributed by atoms with Crippen molar-refractivity contribution in [1.29, 1.82) is 0 Å². The highest BCUT2D eigenvalue weighted by Crippen LogP contribution is 2.41. The van der Waals surface area contributed by atoms with Crippen LogP contribution in [0.3, 0.4) is 0 Å². The van der Waals surface area contributed by atoms with Crippen LogP contribution in [0, 0.1) is 0 Å². The van der Waals surface area contributed by atoms with Crippen molar-refractivity contribution in [3.8, 4) is 0 Å². The van der Waals surface area contributed by atoms with Crippen LogP contribution >= 0.6 is 0 Å². The molecule has 3 fully saturated rings. The van der Waals surface area contributed by atoms with Gasteiger partial charge in [0.15, 0.2) is 0 Å². The topological polar surface area (TPSA) is 41.6 Å². The second kappa shape index (κ2) is 2.63. The summed E-state index contributed by atoms with van der Waals surface area (Å²) in [7, 11) is 2.20. The SMILES string of the molecule is CN1[C@@H]2CC[C@H]1CC1(COC(=O)N1)C2. The van der Waals surface area contributed by atoms with E-state index in [0.29, 0.717) is 18.7 Å². The number of carbonyl (C=O) groups excluding carboxylic acids is 1. The zero-order valence-electron chi connectivity index (χ0n) is 8.45. The van der Waals surface area contributed by atoms with Crippen molar-refractivity contribution in [2.45, 2.75) is 43.3 Å². The van der Waals surface area contributed by atoms with Gasteiger partial charge in [0.2, 0.25) is 0 Å². The molecule has 0 radical (unpaired) electrons. The van der Waals surface area contributed by atoms with Crippen molar-refractivity contribution in [3.63, 3.8) is 0 Å². The molecule has 3 saturated heterocycles. The number of cyclic esters (lactones) is 1. The van der Waals surface area contributed by atoms with Gasteiger partial charge in [-0.25, -0.2) is 4.79 Å². The van der Waals surface area contributed by atoms with E-state index in [4.69, 9.17) is 4.74 Å². The number of fused-ring (bicyclic) bond motifs is 2. The van der Waals surface area contributed by atoms with Gasteiger partial charge < -0.3 is 15.0 Å². The Morgan fingerprint density at radius 3 is 2.57 bits per heavy atom. The summed E-state index contributed by atoms with van der Waals surface area (Å²) < 4.78 is 5.04. The Labute approximate surface area is 83.6 Å². The summed E-state index contributed by atoms with van der Waals surface area (Å²) in [6.45, 7) is 0.576. The summed E-state index contributed by atoms with van der Waals surface area (Å²) in [5, 5.41) is 3.00. The Balaban J connectivity index is 1.82. The second-order valence-electron chi connectivity index (χ2n) is 4.94. The van der Waals surface area contributed by atoms with E-state index in [9.17, 15) is 4.79 Å². The Kier molecular flexibility index (Phi) is 1.60. The fourth-order valence-corrected chi connectivity index (χ4v) is 3.28. The van der Waals surface area contributed by atoms with Gasteiger partial charge in [0.1, 0.15) is 6.61 Å². The average Bonchev–Trinajstić information content (AvgIpc) is 2.58. The van der Waals surface area contributed by atoms with Gasteiger partial charge in [-0.05, 0) is 32.7 Å². The number of hydrogen-bond acceptors (Lipinski definition) is 3. The summed E-state index contributed by atoms with van der Waals surface area (Å²) in [5.74, 6) is 0. The fourth-order valence-electron chi connectivity index (χ4n) is 3.28. The Bertz CT molecular complexity index is 265. The molecule has 0 aliphatic carbocycles. The van der Waals surface area contributed by atoms with Crippen LogP contribution in [0.1, 0.15) is 25.7 Å². The number of piperidine rings is 1. The number of carbonyl (C=O) groups is 1. The molecule has 4 heteroatoms. The minimum atomic E-state index is -0.228. The molecule has 1 N–H and O–H groups in total. The first kappa shape index (κ1) is 8.53. The fraction of sp³-hybridized carbons (Fsp3) is 0.900. The van der Waals surface area contributed by atoms with Gasteiger partial charge in [0, 0.05) is 12.1 Å². The smallest absolute Gasteiger partial charge is 0.407 e. The van der Waals surface area contributed by atoms with Crippen LogP contribution in [0.25, 0.3) is 0 Å². The molecule has 1 unspecified atom stereocenters. The van der Waals surface area contributed by atoms with E-state index in [1.165, 1.54) is 12.8 Å². The maximum atomic E-state index is 11.1. The number of alkyl carbamates (subject to hydrolysis) is 1. The van der Waals surface area contributed by atoms with Crippen molar-refractivity contribution in [1.82, 2.24) is 10.2 Å². The molecule has 14 heavy (non-hydrogen) atoms. The third-order valence-electron chi connectivity index (χ3n) is 4.08. The first-order valence-electron chi connectivity index (χ1n) is 5.35. The summed E-state index contributed by atoms with van der Waals surface area (Å²) >= 11 is 0. The minimum absolute atomic E-state index is 0.0323. The Morgan fingerprint density at radius 1 is 1.43 bits per heavy atom. The van der Waals surface area contributed by atoms with E-state index in [0.717, 1.165) is 12.8 Å². The molecule has 0 aromatic rings.